The molecule has 7 nitrogen and oxygen atoms in total. The minimum atomic E-state index is -0.588. The molecule has 4 rings (SSSR count). The normalized spacial score (nSPS) is 11.1. The zero-order valence-corrected chi connectivity index (χ0v) is 22.1. The zero-order chi connectivity index (χ0) is 26.9. The smallest absolute Gasteiger partial charge is 0.338 e. The van der Waals surface area contributed by atoms with Crippen LogP contribution in [0.5, 0.6) is 0 Å². The largest absolute Gasteiger partial charge is 0.462 e. The number of carbonyl (C=O) groups excluding carboxylic acids is 2. The fourth-order valence-electron chi connectivity index (χ4n) is 3.48. The second kappa shape index (κ2) is 12.9. The van der Waals surface area contributed by atoms with Crippen LogP contribution in [0.2, 0.25) is 5.02 Å². The molecule has 2 aromatic carbocycles. The van der Waals surface area contributed by atoms with Gasteiger partial charge in [0, 0.05) is 34.2 Å². The van der Waals surface area contributed by atoms with Crippen LogP contribution in [0.3, 0.4) is 0 Å². The number of anilines is 1. The lowest BCUT2D eigenvalue weighted by Gasteiger charge is -2.04. The van der Waals surface area contributed by atoms with Crippen molar-refractivity contribution >= 4 is 46.0 Å². The SMILES string of the molecule is CCCCOC(=O)c1ccc(-c2ccc(/C=C(\C#N)C(=O)Nc3ncc(Cc4ccccc4Cl)s3)o2)cc1. The summed E-state index contributed by atoms with van der Waals surface area (Å²) in [6.07, 6.45) is 5.41. The molecule has 2 aromatic heterocycles. The van der Waals surface area contributed by atoms with Gasteiger partial charge >= 0.3 is 5.97 Å². The number of nitrogens with one attached hydrogen (secondary N) is 1. The number of ether oxygens (including phenoxy) is 1. The summed E-state index contributed by atoms with van der Waals surface area (Å²) in [7, 11) is 0. The molecule has 192 valence electrons. The van der Waals surface area contributed by atoms with Crippen molar-refractivity contribution in [2.75, 3.05) is 11.9 Å². The summed E-state index contributed by atoms with van der Waals surface area (Å²) in [5.41, 5.74) is 2.03. The summed E-state index contributed by atoms with van der Waals surface area (Å²) in [5.74, 6) is -0.0822. The third-order valence-corrected chi connectivity index (χ3v) is 6.79. The summed E-state index contributed by atoms with van der Waals surface area (Å²) >= 11 is 7.54. The number of amides is 1. The van der Waals surface area contributed by atoms with E-state index in [0.717, 1.165) is 28.8 Å². The van der Waals surface area contributed by atoms with Gasteiger partial charge in [0.15, 0.2) is 5.13 Å². The molecule has 0 spiro atoms. The molecule has 0 saturated carbocycles. The van der Waals surface area contributed by atoms with Crippen molar-refractivity contribution < 1.29 is 18.7 Å². The number of hydrogen-bond donors (Lipinski definition) is 1. The maximum atomic E-state index is 12.7. The molecule has 0 aliphatic carbocycles. The van der Waals surface area contributed by atoms with E-state index in [0.29, 0.717) is 40.3 Å². The molecule has 4 aromatic rings. The number of esters is 1. The average molecular weight is 546 g/mol. The van der Waals surface area contributed by atoms with Gasteiger partial charge in [0.25, 0.3) is 5.91 Å². The van der Waals surface area contributed by atoms with Crippen molar-refractivity contribution in [3.8, 4) is 17.4 Å². The number of thiazole rings is 1. The highest BCUT2D eigenvalue weighted by Gasteiger charge is 2.15. The Bertz CT molecular complexity index is 1500. The van der Waals surface area contributed by atoms with E-state index in [2.05, 4.69) is 10.3 Å². The monoisotopic (exact) mass is 545 g/mol. The Morgan fingerprint density at radius 2 is 1.95 bits per heavy atom. The Labute approximate surface area is 229 Å². The first-order chi connectivity index (χ1) is 18.5. The predicted molar refractivity (Wildman–Crippen MR) is 148 cm³/mol. The van der Waals surface area contributed by atoms with Crippen LogP contribution in [0.4, 0.5) is 5.13 Å². The van der Waals surface area contributed by atoms with E-state index in [1.165, 1.54) is 17.4 Å². The lowest BCUT2D eigenvalue weighted by molar-refractivity contribution is -0.112. The molecular weight excluding hydrogens is 522 g/mol. The Balaban J connectivity index is 1.39. The van der Waals surface area contributed by atoms with Crippen molar-refractivity contribution in [3.05, 3.63) is 99.2 Å². The topological polar surface area (TPSA) is 105 Å². The first kappa shape index (κ1) is 26.9. The Morgan fingerprint density at radius 1 is 1.16 bits per heavy atom. The quantitative estimate of drug-likeness (QED) is 0.0981. The third kappa shape index (κ3) is 6.97. The van der Waals surface area contributed by atoms with Crippen LogP contribution < -0.4 is 5.32 Å². The number of benzene rings is 2. The fraction of sp³-hybridized carbons (Fsp3) is 0.172. The van der Waals surface area contributed by atoms with Crippen LogP contribution in [0.1, 0.15) is 46.3 Å². The van der Waals surface area contributed by atoms with E-state index in [1.807, 2.05) is 37.3 Å². The molecule has 0 saturated heterocycles. The number of nitrogens with zero attached hydrogens (tertiary/aromatic N) is 2. The lowest BCUT2D eigenvalue weighted by atomic mass is 10.1. The number of aromatic nitrogens is 1. The lowest BCUT2D eigenvalue weighted by Crippen LogP contribution is -2.13. The van der Waals surface area contributed by atoms with Gasteiger partial charge in [0.2, 0.25) is 0 Å². The highest BCUT2D eigenvalue weighted by atomic mass is 35.5. The first-order valence-electron chi connectivity index (χ1n) is 12.0. The predicted octanol–water partition coefficient (Wildman–Crippen LogP) is 7.15. The molecule has 0 radical (unpaired) electrons. The van der Waals surface area contributed by atoms with Crippen molar-refractivity contribution in [2.24, 2.45) is 0 Å². The van der Waals surface area contributed by atoms with Crippen molar-refractivity contribution in [3.63, 3.8) is 0 Å². The zero-order valence-electron chi connectivity index (χ0n) is 20.6. The van der Waals surface area contributed by atoms with Gasteiger partial charge in [-0.15, -0.1) is 11.3 Å². The van der Waals surface area contributed by atoms with Crippen LogP contribution in [-0.2, 0) is 16.0 Å². The number of rotatable bonds is 10. The molecule has 0 aliphatic rings. The highest BCUT2D eigenvalue weighted by Crippen LogP contribution is 2.26. The summed E-state index contributed by atoms with van der Waals surface area (Å²) in [4.78, 5) is 30.0. The summed E-state index contributed by atoms with van der Waals surface area (Å²) in [5, 5.41) is 13.3. The Kier molecular flexibility index (Phi) is 9.09. The molecule has 9 heteroatoms. The standard InChI is InChI=1S/C29H24ClN3O4S/c1-2-3-14-36-28(35)20-10-8-19(9-11-20)26-13-12-23(37-26)15-22(17-31)27(34)33-29-32-18-24(38-29)16-21-6-4-5-7-25(21)30/h4-13,15,18H,2-3,14,16H2,1H3,(H,32,33,34)/b22-15+. The maximum Gasteiger partial charge on any atom is 0.338 e. The average Bonchev–Trinajstić information content (AvgIpc) is 3.58. The highest BCUT2D eigenvalue weighted by molar-refractivity contribution is 7.15. The molecule has 2 heterocycles. The molecule has 1 N–H and O–H groups in total. The molecular formula is C29H24ClN3O4S. The second-order valence-corrected chi connectivity index (χ2v) is 9.82. The van der Waals surface area contributed by atoms with Gasteiger partial charge in [0.1, 0.15) is 23.2 Å². The van der Waals surface area contributed by atoms with E-state index in [-0.39, 0.29) is 11.5 Å². The van der Waals surface area contributed by atoms with E-state index >= 15 is 0 Å². The van der Waals surface area contributed by atoms with Crippen molar-refractivity contribution in [2.45, 2.75) is 26.2 Å². The van der Waals surface area contributed by atoms with Gasteiger partial charge in [-0.05, 0) is 42.3 Å². The van der Waals surface area contributed by atoms with Gasteiger partial charge < -0.3 is 9.15 Å². The van der Waals surface area contributed by atoms with Crippen LogP contribution in [0, 0.1) is 11.3 Å². The number of unbranched alkanes of at least 4 members (excludes halogenated alkanes) is 1. The van der Waals surface area contributed by atoms with Gasteiger partial charge in [-0.3, -0.25) is 10.1 Å². The van der Waals surface area contributed by atoms with Crippen molar-refractivity contribution in [1.29, 1.82) is 5.26 Å². The fourth-order valence-corrected chi connectivity index (χ4v) is 4.51. The minimum absolute atomic E-state index is 0.126. The van der Waals surface area contributed by atoms with Gasteiger partial charge in [-0.1, -0.05) is 55.3 Å². The van der Waals surface area contributed by atoms with E-state index < -0.39 is 5.91 Å². The number of nitriles is 1. The summed E-state index contributed by atoms with van der Waals surface area (Å²) in [6.45, 7) is 2.42. The molecule has 0 aliphatic heterocycles. The first-order valence-corrected chi connectivity index (χ1v) is 13.1. The number of furan rings is 1. The second-order valence-electron chi connectivity index (χ2n) is 8.29. The molecule has 38 heavy (non-hydrogen) atoms. The van der Waals surface area contributed by atoms with Crippen LogP contribution in [0.25, 0.3) is 17.4 Å². The van der Waals surface area contributed by atoms with Crippen LogP contribution in [0.15, 0.2) is 76.9 Å². The van der Waals surface area contributed by atoms with Crippen LogP contribution >= 0.6 is 22.9 Å². The maximum absolute atomic E-state index is 12.7. The van der Waals surface area contributed by atoms with Gasteiger partial charge in [-0.2, -0.15) is 5.26 Å². The van der Waals surface area contributed by atoms with E-state index in [9.17, 15) is 14.9 Å². The Morgan fingerprint density at radius 3 is 2.68 bits per heavy atom. The number of halogens is 1. The van der Waals surface area contributed by atoms with Crippen LogP contribution in [-0.4, -0.2) is 23.5 Å². The number of carbonyl (C=O) groups is 2. The van der Waals surface area contributed by atoms with E-state index in [4.69, 9.17) is 20.8 Å². The molecule has 0 fully saturated rings. The Hall–Kier alpha value is -4.19. The summed E-state index contributed by atoms with van der Waals surface area (Å²) < 4.78 is 11.0. The molecule has 0 unspecified atom stereocenters. The molecule has 0 atom stereocenters. The molecule has 1 amide bonds. The molecule has 0 bridgehead atoms. The van der Waals surface area contributed by atoms with E-state index in [1.54, 1.807) is 42.6 Å². The van der Waals surface area contributed by atoms with Gasteiger partial charge in [0.05, 0.1) is 12.2 Å². The van der Waals surface area contributed by atoms with Gasteiger partial charge in [-0.25, -0.2) is 9.78 Å². The third-order valence-electron chi connectivity index (χ3n) is 5.51. The van der Waals surface area contributed by atoms with Crippen molar-refractivity contribution in [1.82, 2.24) is 4.98 Å². The number of hydrogen-bond acceptors (Lipinski definition) is 7. The summed E-state index contributed by atoms with van der Waals surface area (Å²) in [6, 6.07) is 19.7. The minimum Gasteiger partial charge on any atom is -0.462 e.